The number of hydrogen-bond donors (Lipinski definition) is 1. The largest absolute Gasteiger partial charge is 0.458 e. The number of carbonyl (C=O) groups excluding carboxylic acids is 3. The van der Waals surface area contributed by atoms with Gasteiger partial charge in [0.05, 0.1) is 17.9 Å². The van der Waals surface area contributed by atoms with E-state index in [2.05, 4.69) is 13.2 Å². The van der Waals surface area contributed by atoms with Crippen molar-refractivity contribution in [2.45, 2.75) is 71.9 Å². The van der Waals surface area contributed by atoms with Gasteiger partial charge in [0.15, 0.2) is 0 Å². The third kappa shape index (κ3) is 3.49. The van der Waals surface area contributed by atoms with Gasteiger partial charge in [-0.1, -0.05) is 33.9 Å². The minimum absolute atomic E-state index is 0.215. The van der Waals surface area contributed by atoms with Gasteiger partial charge in [-0.3, -0.25) is 4.79 Å². The molecule has 0 spiro atoms. The SMILES string of the molecule is C=C(C)C(=O)O[C@H]1C2=C(C)[C@H](OC(=O)C(C)C)C[C@@H](O)[C@]2(C)C[C@H]2OC(=O)C(=C)[C@H]21. The van der Waals surface area contributed by atoms with Crippen molar-refractivity contribution in [3.8, 4) is 0 Å². The van der Waals surface area contributed by atoms with Crippen LogP contribution in [-0.4, -0.2) is 47.4 Å². The van der Waals surface area contributed by atoms with E-state index in [4.69, 9.17) is 14.2 Å². The molecule has 1 aliphatic heterocycles. The van der Waals surface area contributed by atoms with Gasteiger partial charge in [-0.05, 0) is 31.4 Å². The molecule has 0 aromatic carbocycles. The van der Waals surface area contributed by atoms with Gasteiger partial charge in [0.25, 0.3) is 0 Å². The van der Waals surface area contributed by atoms with E-state index in [9.17, 15) is 19.5 Å². The molecule has 7 heteroatoms. The lowest BCUT2D eigenvalue weighted by Gasteiger charge is -2.52. The van der Waals surface area contributed by atoms with Crippen LogP contribution in [0.15, 0.2) is 35.5 Å². The number of rotatable bonds is 4. The molecule has 1 heterocycles. The minimum Gasteiger partial charge on any atom is -0.458 e. The molecule has 3 rings (SSSR count). The van der Waals surface area contributed by atoms with Crippen molar-refractivity contribution in [3.05, 3.63) is 35.5 Å². The van der Waals surface area contributed by atoms with Crippen molar-refractivity contribution in [1.82, 2.24) is 0 Å². The molecule has 1 saturated carbocycles. The number of hydrogen-bond acceptors (Lipinski definition) is 7. The summed E-state index contributed by atoms with van der Waals surface area (Å²) in [5.41, 5.74) is 1.03. The number of aliphatic hydroxyl groups excluding tert-OH is 1. The fraction of sp³-hybridized carbons (Fsp3) is 0.609. The first-order valence-corrected chi connectivity index (χ1v) is 10.2. The Bertz CT molecular complexity index is 852. The molecule has 30 heavy (non-hydrogen) atoms. The number of carbonyl (C=O) groups is 3. The summed E-state index contributed by atoms with van der Waals surface area (Å²) in [5, 5.41) is 11.1. The van der Waals surface area contributed by atoms with Crippen LogP contribution in [0.25, 0.3) is 0 Å². The molecule has 0 amide bonds. The van der Waals surface area contributed by atoms with Crippen LogP contribution in [0.5, 0.6) is 0 Å². The topological polar surface area (TPSA) is 99.1 Å². The third-order valence-electron chi connectivity index (χ3n) is 6.57. The molecule has 2 fully saturated rings. The first kappa shape index (κ1) is 22.3. The highest BCUT2D eigenvalue weighted by Crippen LogP contribution is 2.56. The molecule has 164 valence electrons. The minimum atomic E-state index is -0.874. The summed E-state index contributed by atoms with van der Waals surface area (Å²) in [6, 6.07) is 0. The Morgan fingerprint density at radius 1 is 1.30 bits per heavy atom. The van der Waals surface area contributed by atoms with Crippen molar-refractivity contribution in [2.24, 2.45) is 17.3 Å². The Kier molecular flexibility index (Phi) is 5.71. The van der Waals surface area contributed by atoms with Crippen LogP contribution in [0.1, 0.15) is 47.5 Å². The smallest absolute Gasteiger partial charge is 0.334 e. The van der Waals surface area contributed by atoms with Crippen molar-refractivity contribution in [3.63, 3.8) is 0 Å². The van der Waals surface area contributed by atoms with Crippen molar-refractivity contribution in [1.29, 1.82) is 0 Å². The van der Waals surface area contributed by atoms with Gasteiger partial charge in [-0.15, -0.1) is 0 Å². The highest BCUT2D eigenvalue weighted by Gasteiger charge is 2.60. The van der Waals surface area contributed by atoms with E-state index in [0.717, 1.165) is 5.57 Å². The van der Waals surface area contributed by atoms with Gasteiger partial charge in [0.2, 0.25) is 0 Å². The average Bonchev–Trinajstić information content (AvgIpc) is 2.92. The molecule has 3 aliphatic rings. The Morgan fingerprint density at radius 2 is 1.93 bits per heavy atom. The van der Waals surface area contributed by atoms with E-state index >= 15 is 0 Å². The van der Waals surface area contributed by atoms with Crippen LogP contribution in [-0.2, 0) is 28.6 Å². The lowest BCUT2D eigenvalue weighted by Crippen LogP contribution is -2.55. The van der Waals surface area contributed by atoms with E-state index in [-0.39, 0.29) is 29.5 Å². The Labute approximate surface area is 176 Å². The van der Waals surface area contributed by atoms with Gasteiger partial charge in [0.1, 0.15) is 18.3 Å². The maximum Gasteiger partial charge on any atom is 0.334 e. The Morgan fingerprint density at radius 3 is 2.50 bits per heavy atom. The normalized spacial score (nSPS) is 35.5. The van der Waals surface area contributed by atoms with E-state index in [1.54, 1.807) is 13.8 Å². The highest BCUT2D eigenvalue weighted by molar-refractivity contribution is 5.92. The van der Waals surface area contributed by atoms with Crippen LogP contribution in [0.4, 0.5) is 0 Å². The number of aliphatic hydroxyl groups is 1. The molecule has 1 N–H and O–H groups in total. The van der Waals surface area contributed by atoms with Crippen molar-refractivity contribution in [2.75, 3.05) is 0 Å². The fourth-order valence-corrected chi connectivity index (χ4v) is 4.79. The molecule has 0 bridgehead atoms. The van der Waals surface area contributed by atoms with Gasteiger partial charge in [-0.2, -0.15) is 0 Å². The maximum absolute atomic E-state index is 12.5. The first-order valence-electron chi connectivity index (χ1n) is 10.2. The van der Waals surface area contributed by atoms with Crippen molar-refractivity contribution < 1.29 is 33.7 Å². The molecule has 7 nitrogen and oxygen atoms in total. The highest BCUT2D eigenvalue weighted by atomic mass is 16.6. The molecule has 0 radical (unpaired) electrons. The molecule has 0 aromatic rings. The zero-order valence-electron chi connectivity index (χ0n) is 18.2. The van der Waals surface area contributed by atoms with E-state index in [0.29, 0.717) is 12.0 Å². The Hall–Kier alpha value is -2.41. The van der Waals surface area contributed by atoms with Crippen LogP contribution >= 0.6 is 0 Å². The number of esters is 3. The van der Waals surface area contributed by atoms with E-state index in [1.165, 1.54) is 6.92 Å². The molecule has 1 saturated heterocycles. The van der Waals surface area contributed by atoms with Crippen molar-refractivity contribution >= 4 is 17.9 Å². The van der Waals surface area contributed by atoms with E-state index in [1.807, 2.05) is 13.8 Å². The predicted molar refractivity (Wildman–Crippen MR) is 108 cm³/mol. The maximum atomic E-state index is 12.5. The molecular weight excluding hydrogens is 388 g/mol. The van der Waals surface area contributed by atoms with Crippen LogP contribution in [0, 0.1) is 17.3 Å². The number of ether oxygens (including phenoxy) is 3. The van der Waals surface area contributed by atoms with Gasteiger partial charge in [-0.25, -0.2) is 9.59 Å². The summed E-state index contributed by atoms with van der Waals surface area (Å²) >= 11 is 0. The summed E-state index contributed by atoms with van der Waals surface area (Å²) in [5.74, 6) is -2.39. The first-order chi connectivity index (χ1) is 13.9. The average molecular weight is 418 g/mol. The molecular formula is C23H30O7. The summed E-state index contributed by atoms with van der Waals surface area (Å²) in [6.45, 7) is 16.2. The lowest BCUT2D eigenvalue weighted by molar-refractivity contribution is -0.161. The number of fused-ring (bicyclic) bond motifs is 2. The summed E-state index contributed by atoms with van der Waals surface area (Å²) < 4.78 is 17.0. The monoisotopic (exact) mass is 418 g/mol. The predicted octanol–water partition coefficient (Wildman–Crippen LogP) is 2.63. The second-order valence-corrected chi connectivity index (χ2v) is 9.15. The van der Waals surface area contributed by atoms with Gasteiger partial charge >= 0.3 is 17.9 Å². The quantitative estimate of drug-likeness (QED) is 0.324. The third-order valence-corrected chi connectivity index (χ3v) is 6.57. The zero-order valence-corrected chi connectivity index (χ0v) is 18.2. The molecule has 2 aliphatic carbocycles. The Balaban J connectivity index is 2.11. The van der Waals surface area contributed by atoms with E-state index < -0.39 is 47.7 Å². The summed E-state index contributed by atoms with van der Waals surface area (Å²) in [4.78, 5) is 36.9. The zero-order chi connectivity index (χ0) is 22.5. The standard InChI is InChI=1S/C23H30O7/c1-10(2)20(25)28-14-8-16(24)23(7)9-15-17(13(6)22(27)29-15)19(18(23)12(14)5)30-21(26)11(3)4/h10,14-17,19,24H,3,6,8-9H2,1-2,4-5,7H3/t14-,15-,16-,17-,19-,23+/m1/s1. The molecule has 0 unspecified atom stereocenters. The molecule has 0 aromatic heterocycles. The lowest BCUT2D eigenvalue weighted by atomic mass is 9.57. The van der Waals surface area contributed by atoms with Crippen LogP contribution in [0.2, 0.25) is 0 Å². The fourth-order valence-electron chi connectivity index (χ4n) is 4.79. The van der Waals surface area contributed by atoms with Crippen LogP contribution in [0.3, 0.4) is 0 Å². The second kappa shape index (κ2) is 7.69. The summed E-state index contributed by atoms with van der Waals surface area (Å²) in [7, 11) is 0. The second-order valence-electron chi connectivity index (χ2n) is 9.15. The molecule has 6 atom stereocenters. The van der Waals surface area contributed by atoms with Gasteiger partial charge in [0, 0.05) is 23.0 Å². The summed E-state index contributed by atoms with van der Waals surface area (Å²) in [6.07, 6.45) is -2.36. The van der Waals surface area contributed by atoms with Gasteiger partial charge < -0.3 is 19.3 Å². The van der Waals surface area contributed by atoms with Crippen LogP contribution < -0.4 is 0 Å².